The molecule has 0 aliphatic carbocycles. The van der Waals surface area contributed by atoms with E-state index in [2.05, 4.69) is 30.6 Å². The van der Waals surface area contributed by atoms with Gasteiger partial charge in [0.1, 0.15) is 6.42 Å². The Morgan fingerprint density at radius 2 is 1.80 bits per heavy atom. The van der Waals surface area contributed by atoms with Gasteiger partial charge in [-0.25, -0.2) is 0 Å². The van der Waals surface area contributed by atoms with Crippen LogP contribution in [0.2, 0.25) is 0 Å². The number of carboxylic acids is 2. The fourth-order valence-corrected chi connectivity index (χ4v) is 6.14. The number of hydrogen-bond acceptors (Lipinski definition) is 5. The van der Waals surface area contributed by atoms with E-state index in [1.165, 1.54) is 0 Å². The van der Waals surface area contributed by atoms with Gasteiger partial charge in [-0.1, -0.05) is 68.3 Å². The van der Waals surface area contributed by atoms with Crippen LogP contribution >= 0.6 is 0 Å². The molecule has 3 aromatic carbocycles. The predicted octanol–water partition coefficient (Wildman–Crippen LogP) is 7.08. The molecule has 0 bridgehead atoms. The first-order chi connectivity index (χ1) is 21.3. The molecular formula is C36H36N3O5+. The summed E-state index contributed by atoms with van der Waals surface area (Å²) in [4.78, 5) is 24.9. The maximum atomic E-state index is 11.5. The molecule has 3 aromatic rings. The molecule has 0 saturated carbocycles. The van der Waals surface area contributed by atoms with Gasteiger partial charge in [0.15, 0.2) is 18.0 Å². The smallest absolute Gasteiger partial charge is 0.309 e. The van der Waals surface area contributed by atoms with Crippen molar-refractivity contribution < 1.29 is 29.1 Å². The summed E-state index contributed by atoms with van der Waals surface area (Å²) < 4.78 is 8.24. The zero-order chi connectivity index (χ0) is 31.3. The van der Waals surface area contributed by atoms with Crippen LogP contribution in [0.15, 0.2) is 96.4 Å². The fraction of sp³-hybridized carbons (Fsp3) is 0.278. The topological polar surface area (TPSA) is 114 Å². The molecule has 0 spiro atoms. The number of nitriles is 1. The molecule has 2 N–H and O–H groups in total. The van der Waals surface area contributed by atoms with E-state index in [0.717, 1.165) is 52.7 Å². The third-order valence-corrected chi connectivity index (χ3v) is 8.34. The number of ether oxygens (including phenoxy) is 1. The lowest BCUT2D eigenvalue weighted by Crippen LogP contribution is -2.31. The van der Waals surface area contributed by atoms with Gasteiger partial charge in [-0.15, -0.1) is 0 Å². The van der Waals surface area contributed by atoms with Crippen LogP contribution in [0.1, 0.15) is 51.5 Å². The molecule has 2 heterocycles. The summed E-state index contributed by atoms with van der Waals surface area (Å²) in [6, 6.07) is 22.1. The zero-order valence-corrected chi connectivity index (χ0v) is 25.0. The first-order valence-electron chi connectivity index (χ1n) is 14.9. The maximum Gasteiger partial charge on any atom is 0.309 e. The number of para-hydroxylation sites is 1. The van der Waals surface area contributed by atoms with E-state index in [1.807, 2.05) is 65.6 Å². The molecule has 224 valence electrons. The molecule has 0 radical (unpaired) electrons. The van der Waals surface area contributed by atoms with Crippen molar-refractivity contribution in [2.45, 2.75) is 51.4 Å². The van der Waals surface area contributed by atoms with Gasteiger partial charge in [-0.2, -0.15) is 9.84 Å². The normalized spacial score (nSPS) is 18.5. The predicted molar refractivity (Wildman–Crippen MR) is 170 cm³/mol. The van der Waals surface area contributed by atoms with E-state index in [0.29, 0.717) is 23.8 Å². The van der Waals surface area contributed by atoms with Crippen LogP contribution in [-0.4, -0.2) is 45.5 Å². The highest BCUT2D eigenvalue weighted by Gasteiger charge is 2.47. The molecule has 8 nitrogen and oxygen atoms in total. The van der Waals surface area contributed by atoms with E-state index < -0.39 is 11.9 Å². The Morgan fingerprint density at radius 1 is 1.05 bits per heavy atom. The lowest BCUT2D eigenvalue weighted by Gasteiger charge is -2.22. The monoisotopic (exact) mass is 590 g/mol. The molecule has 2 aliphatic rings. The SMILES string of the molecule is CCCCC1(C)C(/C=C/C(C#N)=C/C=C2\Oc3ccc4ccccc4c3N2CCC(=O)O)=[N+](CCC(=O)O)c2ccccc21. The molecule has 1 unspecified atom stereocenters. The van der Waals surface area contributed by atoms with E-state index in [9.17, 15) is 25.1 Å². The van der Waals surface area contributed by atoms with Crippen LogP contribution in [-0.2, 0) is 15.0 Å². The van der Waals surface area contributed by atoms with Crippen LogP contribution in [0.5, 0.6) is 5.75 Å². The van der Waals surface area contributed by atoms with Crippen molar-refractivity contribution in [1.29, 1.82) is 5.26 Å². The Morgan fingerprint density at radius 3 is 2.55 bits per heavy atom. The van der Waals surface area contributed by atoms with Crippen molar-refractivity contribution in [2.24, 2.45) is 0 Å². The van der Waals surface area contributed by atoms with Gasteiger partial charge in [0.05, 0.1) is 29.2 Å². The number of benzene rings is 3. The maximum absolute atomic E-state index is 11.5. The van der Waals surface area contributed by atoms with Gasteiger partial charge in [0.25, 0.3) is 0 Å². The molecule has 0 amide bonds. The average molecular weight is 591 g/mol. The Labute approximate surface area is 257 Å². The number of allylic oxidation sites excluding steroid dienone is 5. The van der Waals surface area contributed by atoms with Gasteiger partial charge in [-0.05, 0) is 36.9 Å². The molecule has 5 rings (SSSR count). The second-order valence-electron chi connectivity index (χ2n) is 11.2. The number of nitrogens with zero attached hydrogens (tertiary/aromatic N) is 3. The number of carbonyl (C=O) groups is 2. The van der Waals surface area contributed by atoms with Crippen molar-refractivity contribution >= 4 is 39.8 Å². The highest BCUT2D eigenvalue weighted by Crippen LogP contribution is 2.45. The standard InChI is InChI=1S/C36H35N3O5/c1-3-4-21-36(2)28-11-7-8-12-29(28)38(22-19-33(40)41)31(36)17-13-25(24-37)14-18-32-39(23-20-34(42)43)35-27-10-6-5-9-26(27)15-16-30(35)44-32/h5-18H,3-4,19-23H2,1-2H3,(H-,40,41,42,43)/p+1. The van der Waals surface area contributed by atoms with E-state index in [4.69, 9.17) is 4.74 Å². The second-order valence-corrected chi connectivity index (χ2v) is 11.2. The first kappa shape index (κ1) is 30.3. The third kappa shape index (κ3) is 6.00. The summed E-state index contributed by atoms with van der Waals surface area (Å²) in [5.74, 6) is -0.712. The number of hydrogen-bond donors (Lipinski definition) is 2. The summed E-state index contributed by atoms with van der Waals surface area (Å²) in [5, 5.41) is 30.9. The summed E-state index contributed by atoms with van der Waals surface area (Å²) >= 11 is 0. The number of carboxylic acid groups (broad SMARTS) is 2. The molecule has 8 heteroatoms. The summed E-state index contributed by atoms with van der Waals surface area (Å²) in [7, 11) is 0. The van der Waals surface area contributed by atoms with Crippen molar-refractivity contribution in [3.05, 3.63) is 102 Å². The Kier molecular flexibility index (Phi) is 8.96. The van der Waals surface area contributed by atoms with E-state index >= 15 is 0 Å². The minimum absolute atomic E-state index is 0.0126. The molecule has 0 aromatic heterocycles. The Bertz CT molecular complexity index is 1780. The highest BCUT2D eigenvalue weighted by molar-refractivity contribution is 6.04. The molecule has 1 atom stereocenters. The second kappa shape index (κ2) is 13.0. The quantitative estimate of drug-likeness (QED) is 0.132. The van der Waals surface area contributed by atoms with Gasteiger partial charge in [0, 0.05) is 35.7 Å². The number of fused-ring (bicyclic) bond motifs is 4. The zero-order valence-electron chi connectivity index (χ0n) is 25.0. The highest BCUT2D eigenvalue weighted by atomic mass is 16.5. The van der Waals surface area contributed by atoms with Crippen molar-refractivity contribution in [1.82, 2.24) is 0 Å². The van der Waals surface area contributed by atoms with Gasteiger partial charge >= 0.3 is 11.9 Å². The number of unbranched alkanes of at least 4 members (excludes halogenated alkanes) is 1. The van der Waals surface area contributed by atoms with Crippen LogP contribution in [0.25, 0.3) is 10.8 Å². The largest absolute Gasteiger partial charge is 0.481 e. The van der Waals surface area contributed by atoms with Crippen LogP contribution < -0.4 is 9.64 Å². The van der Waals surface area contributed by atoms with Crippen LogP contribution in [0, 0.1) is 11.3 Å². The number of rotatable bonds is 12. The van der Waals surface area contributed by atoms with E-state index in [-0.39, 0.29) is 24.8 Å². The van der Waals surface area contributed by atoms with Gasteiger partial charge in [-0.3, -0.25) is 9.59 Å². The fourth-order valence-electron chi connectivity index (χ4n) is 6.14. The molecule has 2 aliphatic heterocycles. The van der Waals surface area contributed by atoms with E-state index in [1.54, 1.807) is 18.2 Å². The molecular weight excluding hydrogens is 554 g/mol. The Balaban J connectivity index is 1.52. The van der Waals surface area contributed by atoms with Crippen LogP contribution in [0.3, 0.4) is 0 Å². The minimum atomic E-state index is -0.914. The summed E-state index contributed by atoms with van der Waals surface area (Å²) in [5.41, 5.74) is 3.95. The number of aliphatic carboxylic acids is 2. The van der Waals surface area contributed by atoms with Gasteiger partial charge in [0.2, 0.25) is 11.6 Å². The lowest BCUT2D eigenvalue weighted by molar-refractivity contribution is -0.436. The Hall–Kier alpha value is -5.16. The van der Waals surface area contributed by atoms with Crippen molar-refractivity contribution in [2.75, 3.05) is 18.0 Å². The molecule has 0 saturated heterocycles. The summed E-state index contributed by atoms with van der Waals surface area (Å²) in [6.45, 7) is 4.87. The number of anilines is 1. The lowest BCUT2D eigenvalue weighted by atomic mass is 9.75. The van der Waals surface area contributed by atoms with Crippen molar-refractivity contribution in [3.8, 4) is 11.8 Å². The van der Waals surface area contributed by atoms with Crippen LogP contribution in [0.4, 0.5) is 11.4 Å². The molecule has 44 heavy (non-hydrogen) atoms. The van der Waals surface area contributed by atoms with Crippen molar-refractivity contribution in [3.63, 3.8) is 0 Å². The third-order valence-electron chi connectivity index (χ3n) is 8.34. The first-order valence-corrected chi connectivity index (χ1v) is 14.9. The summed E-state index contributed by atoms with van der Waals surface area (Å²) in [6.07, 6.45) is 9.88. The minimum Gasteiger partial charge on any atom is -0.481 e. The average Bonchev–Trinajstić information content (AvgIpc) is 3.50. The van der Waals surface area contributed by atoms with Gasteiger partial charge < -0.3 is 19.8 Å². The molecule has 0 fully saturated rings.